The lowest BCUT2D eigenvalue weighted by atomic mass is 10.1. The minimum atomic E-state index is -0.548. The van der Waals surface area contributed by atoms with E-state index in [4.69, 9.17) is 16.9 Å². The molecule has 1 heterocycles. The van der Waals surface area contributed by atoms with E-state index in [0.717, 1.165) is 0 Å². The van der Waals surface area contributed by atoms with Crippen molar-refractivity contribution < 1.29 is 0 Å². The van der Waals surface area contributed by atoms with Gasteiger partial charge in [0.2, 0.25) is 5.95 Å². The number of aromatic amines is 1. The second kappa shape index (κ2) is 6.88. The lowest BCUT2D eigenvalue weighted by molar-refractivity contribution is 1.11. The molecule has 0 amide bonds. The van der Waals surface area contributed by atoms with Crippen LogP contribution in [-0.4, -0.2) is 9.97 Å². The zero-order chi connectivity index (χ0) is 17.8. The van der Waals surface area contributed by atoms with Crippen molar-refractivity contribution in [2.24, 2.45) is 0 Å². The predicted octanol–water partition coefficient (Wildman–Crippen LogP) is 3.58. The Balaban J connectivity index is 2.06. The zero-order valence-corrected chi connectivity index (χ0v) is 13.5. The molecule has 0 spiro atoms. The minimum absolute atomic E-state index is 0.0913. The summed E-state index contributed by atoms with van der Waals surface area (Å²) in [5.74, 6) is 0.200. The maximum absolute atomic E-state index is 12.2. The van der Waals surface area contributed by atoms with Gasteiger partial charge in [0.05, 0.1) is 17.3 Å². The molecule has 0 saturated heterocycles. The quantitative estimate of drug-likeness (QED) is 0.753. The molecule has 3 aromatic rings. The molecule has 0 atom stereocenters. The van der Waals surface area contributed by atoms with Crippen molar-refractivity contribution in [3.63, 3.8) is 0 Å². The van der Waals surface area contributed by atoms with E-state index in [-0.39, 0.29) is 17.2 Å². The summed E-state index contributed by atoms with van der Waals surface area (Å²) in [6.07, 6.45) is 0. The van der Waals surface area contributed by atoms with E-state index in [1.807, 2.05) is 12.1 Å². The molecule has 0 aliphatic rings. The fourth-order valence-corrected chi connectivity index (χ4v) is 2.34. The van der Waals surface area contributed by atoms with Crippen molar-refractivity contribution in [2.45, 2.75) is 0 Å². The van der Waals surface area contributed by atoms with E-state index in [1.54, 1.807) is 48.5 Å². The van der Waals surface area contributed by atoms with Crippen LogP contribution in [0.25, 0.3) is 11.3 Å². The van der Waals surface area contributed by atoms with Gasteiger partial charge in [-0.3, -0.25) is 9.78 Å². The number of hydrogen-bond donors (Lipinski definition) is 2. The largest absolute Gasteiger partial charge is 0.326 e. The number of benzene rings is 2. The molecule has 0 radical (unpaired) electrons. The van der Waals surface area contributed by atoms with Gasteiger partial charge in [-0.15, -0.1) is 0 Å². The van der Waals surface area contributed by atoms with Crippen LogP contribution in [0.1, 0.15) is 11.1 Å². The van der Waals surface area contributed by atoms with Gasteiger partial charge in [-0.25, -0.2) is 4.98 Å². The summed E-state index contributed by atoms with van der Waals surface area (Å²) in [5, 5.41) is 21.7. The highest BCUT2D eigenvalue weighted by Gasteiger charge is 2.13. The summed E-state index contributed by atoms with van der Waals surface area (Å²) in [6, 6.07) is 17.3. The van der Waals surface area contributed by atoms with E-state index in [9.17, 15) is 10.1 Å². The lowest BCUT2D eigenvalue weighted by Gasteiger charge is -2.09. The zero-order valence-electron chi connectivity index (χ0n) is 12.7. The maximum Gasteiger partial charge on any atom is 0.270 e. The van der Waals surface area contributed by atoms with Crippen molar-refractivity contribution in [1.82, 2.24) is 9.97 Å². The summed E-state index contributed by atoms with van der Waals surface area (Å²) in [7, 11) is 0. The summed E-state index contributed by atoms with van der Waals surface area (Å²) >= 11 is 5.85. The molecule has 3 rings (SSSR count). The van der Waals surface area contributed by atoms with Gasteiger partial charge in [0, 0.05) is 16.3 Å². The van der Waals surface area contributed by atoms with E-state index < -0.39 is 5.56 Å². The number of anilines is 2. The Labute approximate surface area is 148 Å². The Morgan fingerprint density at radius 1 is 1.00 bits per heavy atom. The third-order valence-electron chi connectivity index (χ3n) is 3.43. The van der Waals surface area contributed by atoms with E-state index >= 15 is 0 Å². The van der Waals surface area contributed by atoms with Crippen LogP contribution in [0.4, 0.5) is 11.6 Å². The van der Waals surface area contributed by atoms with Crippen LogP contribution in [0.2, 0.25) is 5.02 Å². The molecule has 2 aromatic carbocycles. The van der Waals surface area contributed by atoms with Gasteiger partial charge in [0.25, 0.3) is 5.56 Å². The van der Waals surface area contributed by atoms with Crippen molar-refractivity contribution >= 4 is 23.2 Å². The molecule has 25 heavy (non-hydrogen) atoms. The number of aromatic nitrogens is 2. The Morgan fingerprint density at radius 3 is 2.28 bits per heavy atom. The second-order valence-electron chi connectivity index (χ2n) is 5.07. The average molecular weight is 348 g/mol. The third-order valence-corrected chi connectivity index (χ3v) is 3.68. The van der Waals surface area contributed by atoms with Gasteiger partial charge in [0.15, 0.2) is 0 Å². The number of nitrogens with one attached hydrogen (secondary N) is 2. The molecule has 0 fully saturated rings. The van der Waals surface area contributed by atoms with E-state index in [2.05, 4.69) is 15.3 Å². The smallest absolute Gasteiger partial charge is 0.270 e. The summed E-state index contributed by atoms with van der Waals surface area (Å²) in [6.45, 7) is 0. The highest BCUT2D eigenvalue weighted by Crippen LogP contribution is 2.22. The Kier molecular flexibility index (Phi) is 4.47. The molecule has 0 aliphatic carbocycles. The second-order valence-corrected chi connectivity index (χ2v) is 5.51. The van der Waals surface area contributed by atoms with Crippen LogP contribution >= 0.6 is 11.6 Å². The molecular weight excluding hydrogens is 338 g/mol. The van der Waals surface area contributed by atoms with Crippen LogP contribution in [-0.2, 0) is 0 Å². The number of rotatable bonds is 3. The first kappa shape index (κ1) is 16.3. The molecule has 0 bridgehead atoms. The van der Waals surface area contributed by atoms with Crippen LogP contribution in [0, 0.1) is 22.7 Å². The number of halogens is 1. The Bertz CT molecular complexity index is 1060. The molecule has 0 unspecified atom stereocenters. The monoisotopic (exact) mass is 347 g/mol. The van der Waals surface area contributed by atoms with Crippen molar-refractivity contribution in [1.29, 1.82) is 10.5 Å². The van der Waals surface area contributed by atoms with Crippen LogP contribution in [0.15, 0.2) is 53.3 Å². The normalized spacial score (nSPS) is 9.88. The first-order valence-corrected chi connectivity index (χ1v) is 7.56. The average Bonchev–Trinajstić information content (AvgIpc) is 2.63. The number of nitriles is 2. The van der Waals surface area contributed by atoms with Crippen molar-refractivity contribution in [3.05, 3.63) is 75.0 Å². The third kappa shape index (κ3) is 3.50. The topological polar surface area (TPSA) is 105 Å². The van der Waals surface area contributed by atoms with Gasteiger partial charge >= 0.3 is 0 Å². The van der Waals surface area contributed by atoms with Crippen molar-refractivity contribution in [3.8, 4) is 23.4 Å². The van der Waals surface area contributed by atoms with Crippen molar-refractivity contribution in [2.75, 3.05) is 5.32 Å². The standard InChI is InChI=1S/C18H10ClN5O/c19-13-5-7-14(8-6-13)22-18-23-16(15(10-21)17(25)24-18)12-3-1-11(9-20)2-4-12/h1-8H,(H2,22,23,24,25). The molecule has 1 aromatic heterocycles. The SMILES string of the molecule is N#Cc1ccc(-c2nc(Nc3ccc(Cl)cc3)[nH]c(=O)c2C#N)cc1. The van der Waals surface area contributed by atoms with Gasteiger partial charge in [-0.1, -0.05) is 23.7 Å². The van der Waals surface area contributed by atoms with Gasteiger partial charge in [0.1, 0.15) is 11.6 Å². The Hall–Kier alpha value is -3.61. The minimum Gasteiger partial charge on any atom is -0.326 e. The van der Waals surface area contributed by atoms with E-state index in [0.29, 0.717) is 21.8 Å². The summed E-state index contributed by atoms with van der Waals surface area (Å²) < 4.78 is 0. The molecule has 0 saturated carbocycles. The number of nitrogens with zero attached hydrogens (tertiary/aromatic N) is 3. The maximum atomic E-state index is 12.2. The predicted molar refractivity (Wildman–Crippen MR) is 94.5 cm³/mol. The summed E-state index contributed by atoms with van der Waals surface area (Å²) in [4.78, 5) is 19.1. The van der Waals surface area contributed by atoms with Gasteiger partial charge in [-0.2, -0.15) is 10.5 Å². The van der Waals surface area contributed by atoms with Gasteiger partial charge < -0.3 is 5.32 Å². The molecular formula is C18H10ClN5O. The number of H-pyrrole nitrogens is 1. The summed E-state index contributed by atoms with van der Waals surface area (Å²) in [5.41, 5.74) is 1.34. The van der Waals surface area contributed by atoms with Crippen LogP contribution in [0.3, 0.4) is 0 Å². The molecule has 6 nitrogen and oxygen atoms in total. The highest BCUT2D eigenvalue weighted by molar-refractivity contribution is 6.30. The molecule has 0 aliphatic heterocycles. The Morgan fingerprint density at radius 2 is 1.68 bits per heavy atom. The van der Waals surface area contributed by atoms with E-state index in [1.165, 1.54) is 0 Å². The molecule has 2 N–H and O–H groups in total. The molecule has 120 valence electrons. The van der Waals surface area contributed by atoms with Crippen LogP contribution in [0.5, 0.6) is 0 Å². The number of hydrogen-bond acceptors (Lipinski definition) is 5. The van der Waals surface area contributed by atoms with Crippen LogP contribution < -0.4 is 10.9 Å². The highest BCUT2D eigenvalue weighted by atomic mass is 35.5. The fraction of sp³-hybridized carbons (Fsp3) is 0. The first-order chi connectivity index (χ1) is 12.1. The van der Waals surface area contributed by atoms with Gasteiger partial charge in [-0.05, 0) is 36.4 Å². The fourth-order valence-electron chi connectivity index (χ4n) is 2.22. The molecule has 7 heteroatoms. The lowest BCUT2D eigenvalue weighted by Crippen LogP contribution is -2.16. The first-order valence-electron chi connectivity index (χ1n) is 7.18.